The van der Waals surface area contributed by atoms with Gasteiger partial charge in [-0.2, -0.15) is 0 Å². The average Bonchev–Trinajstić information content (AvgIpc) is 3.58. The maximum atomic E-state index is 14.8. The number of benzene rings is 3. The molecule has 256 valence electrons. The summed E-state index contributed by atoms with van der Waals surface area (Å²) in [5, 5.41) is 8.17. The number of carbonyl (C=O) groups is 3. The fraction of sp³-hybridized carbons (Fsp3) is 0.400. The first-order valence-electron chi connectivity index (χ1n) is 15.8. The molecule has 13 heteroatoms. The topological polar surface area (TPSA) is 152 Å². The number of likely N-dealkylation sites (tertiary alicyclic amines) is 1. The van der Waals surface area contributed by atoms with E-state index in [1.807, 2.05) is 19.1 Å². The van der Waals surface area contributed by atoms with Crippen molar-refractivity contribution in [1.82, 2.24) is 10.2 Å². The summed E-state index contributed by atoms with van der Waals surface area (Å²) in [6.45, 7) is 6.17. The van der Waals surface area contributed by atoms with E-state index in [-0.39, 0.29) is 22.6 Å². The highest BCUT2D eigenvalue weighted by molar-refractivity contribution is 7.92. The number of carbonyl (C=O) groups excluding carboxylic acids is 3. The first kappa shape index (κ1) is 34.6. The van der Waals surface area contributed by atoms with Crippen molar-refractivity contribution in [1.29, 1.82) is 0 Å². The molecule has 2 aliphatic rings. The number of anilines is 2. The summed E-state index contributed by atoms with van der Waals surface area (Å²) in [7, 11) is 0.509. The molecule has 0 aromatic heterocycles. The Morgan fingerprint density at radius 3 is 2.35 bits per heavy atom. The van der Waals surface area contributed by atoms with E-state index < -0.39 is 33.3 Å². The Balaban J connectivity index is 1.59. The molecule has 3 atom stereocenters. The third kappa shape index (κ3) is 6.77. The summed E-state index contributed by atoms with van der Waals surface area (Å²) < 4.78 is 42.9. The van der Waals surface area contributed by atoms with Crippen LogP contribution < -0.4 is 25.4 Å². The van der Waals surface area contributed by atoms with E-state index in [0.29, 0.717) is 65.5 Å². The molecule has 1 unspecified atom stereocenters. The van der Waals surface area contributed by atoms with Gasteiger partial charge in [0.25, 0.3) is 5.91 Å². The van der Waals surface area contributed by atoms with Crippen LogP contribution in [0.15, 0.2) is 59.5 Å². The summed E-state index contributed by atoms with van der Waals surface area (Å²) in [5.41, 5.74) is 3.36. The van der Waals surface area contributed by atoms with Gasteiger partial charge in [-0.15, -0.1) is 0 Å². The molecule has 12 nitrogen and oxygen atoms in total. The summed E-state index contributed by atoms with van der Waals surface area (Å²) in [5.74, 6) is 0.572. The normalized spacial score (nSPS) is 18.1. The van der Waals surface area contributed by atoms with Gasteiger partial charge in [-0.05, 0) is 91.8 Å². The monoisotopic (exact) mass is 678 g/mol. The maximum Gasteiger partial charge on any atom is 0.411 e. The van der Waals surface area contributed by atoms with Gasteiger partial charge in [0.05, 0.1) is 37.5 Å². The fourth-order valence-electron chi connectivity index (χ4n) is 6.30. The molecule has 1 fully saturated rings. The molecular formula is C35H42N4O8S. The quantitative estimate of drug-likeness (QED) is 0.255. The largest absolute Gasteiger partial charge is 0.493 e. The second-order valence-electron chi connectivity index (χ2n) is 12.3. The van der Waals surface area contributed by atoms with Gasteiger partial charge in [0.2, 0.25) is 5.91 Å². The van der Waals surface area contributed by atoms with E-state index >= 15 is 0 Å². The van der Waals surface area contributed by atoms with E-state index in [4.69, 9.17) is 14.2 Å². The van der Waals surface area contributed by atoms with Crippen molar-refractivity contribution >= 4 is 39.1 Å². The lowest BCUT2D eigenvalue weighted by Crippen LogP contribution is -2.38. The van der Waals surface area contributed by atoms with Gasteiger partial charge < -0.3 is 29.7 Å². The highest BCUT2D eigenvalue weighted by atomic mass is 32.2. The summed E-state index contributed by atoms with van der Waals surface area (Å²) in [6.07, 6.45) is 0.427. The van der Waals surface area contributed by atoms with Crippen LogP contribution in [0.3, 0.4) is 0 Å². The van der Waals surface area contributed by atoms with Gasteiger partial charge in [0, 0.05) is 30.0 Å². The molecule has 3 N–H and O–H groups in total. The summed E-state index contributed by atoms with van der Waals surface area (Å²) in [6, 6.07) is 13.7. The number of methoxy groups -OCH3 is 3. The molecule has 0 radical (unpaired) electrons. The van der Waals surface area contributed by atoms with Gasteiger partial charge in [-0.1, -0.05) is 19.1 Å². The molecule has 0 aliphatic carbocycles. The molecule has 3 amide bonds. The lowest BCUT2D eigenvalue weighted by molar-refractivity contribution is -0.133. The van der Waals surface area contributed by atoms with Crippen molar-refractivity contribution in [3.8, 4) is 11.5 Å². The van der Waals surface area contributed by atoms with Crippen molar-refractivity contribution in [2.45, 2.75) is 61.8 Å². The Kier molecular flexibility index (Phi) is 10.2. The van der Waals surface area contributed by atoms with Crippen LogP contribution in [0.2, 0.25) is 0 Å². The molecule has 0 bridgehead atoms. The van der Waals surface area contributed by atoms with Crippen LogP contribution in [0.1, 0.15) is 78.7 Å². The predicted molar refractivity (Wildman–Crippen MR) is 182 cm³/mol. The molecule has 2 aliphatic heterocycles. The van der Waals surface area contributed by atoms with Gasteiger partial charge in [0.1, 0.15) is 6.04 Å². The van der Waals surface area contributed by atoms with Gasteiger partial charge >= 0.3 is 6.09 Å². The first-order valence-corrected chi connectivity index (χ1v) is 17.4. The van der Waals surface area contributed by atoms with Gasteiger partial charge in [-0.25, -0.2) is 13.2 Å². The smallest absolute Gasteiger partial charge is 0.411 e. The Hall–Kier alpha value is -4.78. The second-order valence-corrected chi connectivity index (χ2v) is 14.7. The summed E-state index contributed by atoms with van der Waals surface area (Å²) >= 11 is 0. The number of hydrogen-bond acceptors (Lipinski definition) is 9. The third-order valence-electron chi connectivity index (χ3n) is 8.96. The average molecular weight is 679 g/mol. The van der Waals surface area contributed by atoms with Crippen LogP contribution >= 0.6 is 0 Å². The van der Waals surface area contributed by atoms with Crippen molar-refractivity contribution < 1.29 is 37.0 Å². The Morgan fingerprint density at radius 1 is 0.938 bits per heavy atom. The van der Waals surface area contributed by atoms with Crippen molar-refractivity contribution in [2.75, 3.05) is 45.1 Å². The van der Waals surface area contributed by atoms with Crippen LogP contribution in [-0.2, 0) is 19.4 Å². The molecule has 1 saturated heterocycles. The van der Waals surface area contributed by atoms with Crippen LogP contribution in [0.4, 0.5) is 16.2 Å². The standard InChI is InChI=1S/C35H42N4O8S/c1-20(2)48(43,44)31-14-11-24(38-35(42)47-6)18-27(31)28-8-7-15-39(28)34(41)32(22-9-13-29(45-4)30(16-22)46-5)37-23-10-12-25-21(3)19-36-33(40)26(25)17-23/h9-14,16-18,20-21,28,32,37H,7-8,15,19H2,1-6H3,(H,36,40)(H,38,42)/t21-,28?,32+/m0/s1. The molecule has 0 spiro atoms. The zero-order chi connectivity index (χ0) is 34.7. The van der Waals surface area contributed by atoms with E-state index in [9.17, 15) is 22.8 Å². The van der Waals surface area contributed by atoms with Gasteiger partial charge in [0.15, 0.2) is 21.3 Å². The first-order chi connectivity index (χ1) is 22.9. The number of rotatable bonds is 10. The van der Waals surface area contributed by atoms with Gasteiger partial charge in [-0.3, -0.25) is 14.9 Å². The minimum Gasteiger partial charge on any atom is -0.493 e. The number of hydrogen-bond donors (Lipinski definition) is 3. The Bertz CT molecular complexity index is 1830. The number of sulfone groups is 1. The fourth-order valence-corrected chi connectivity index (χ4v) is 7.59. The predicted octanol–water partition coefficient (Wildman–Crippen LogP) is 5.43. The van der Waals surface area contributed by atoms with Crippen LogP contribution in [-0.4, -0.2) is 70.9 Å². The lowest BCUT2D eigenvalue weighted by Gasteiger charge is -2.32. The van der Waals surface area contributed by atoms with E-state index in [2.05, 4.69) is 16.0 Å². The zero-order valence-corrected chi connectivity index (χ0v) is 28.8. The third-order valence-corrected chi connectivity index (χ3v) is 11.2. The molecule has 0 saturated carbocycles. The van der Waals surface area contributed by atoms with Crippen LogP contribution in [0, 0.1) is 0 Å². The minimum atomic E-state index is -3.77. The molecular weight excluding hydrogens is 636 g/mol. The lowest BCUT2D eigenvalue weighted by atomic mass is 9.91. The van der Waals surface area contributed by atoms with Crippen molar-refractivity contribution in [2.24, 2.45) is 0 Å². The number of nitrogens with one attached hydrogen (secondary N) is 3. The SMILES string of the molecule is COC(=O)Nc1ccc(S(=O)(=O)C(C)C)c(C2CCCN2C(=O)[C@H](Nc2ccc3c(c2)C(=O)NC[C@@H]3C)c2ccc(OC)c(OC)c2)c1. The highest BCUT2D eigenvalue weighted by Crippen LogP contribution is 2.41. The number of ether oxygens (including phenoxy) is 3. The van der Waals surface area contributed by atoms with Crippen molar-refractivity contribution in [3.05, 3.63) is 76.9 Å². The Labute approximate surface area is 281 Å². The Morgan fingerprint density at radius 2 is 1.67 bits per heavy atom. The van der Waals surface area contributed by atoms with Crippen LogP contribution in [0.25, 0.3) is 0 Å². The number of nitrogens with zero attached hydrogens (tertiary/aromatic N) is 1. The van der Waals surface area contributed by atoms with E-state index in [1.54, 1.807) is 49.1 Å². The number of amides is 3. The molecule has 5 rings (SSSR count). The zero-order valence-electron chi connectivity index (χ0n) is 28.0. The van der Waals surface area contributed by atoms with Crippen LogP contribution in [0.5, 0.6) is 11.5 Å². The minimum absolute atomic E-state index is 0.100. The molecule has 48 heavy (non-hydrogen) atoms. The molecule has 3 aromatic carbocycles. The second kappa shape index (κ2) is 14.1. The van der Waals surface area contributed by atoms with E-state index in [1.165, 1.54) is 33.5 Å². The summed E-state index contributed by atoms with van der Waals surface area (Å²) in [4.78, 5) is 41.4. The van der Waals surface area contributed by atoms with Crippen molar-refractivity contribution in [3.63, 3.8) is 0 Å². The van der Waals surface area contributed by atoms with E-state index in [0.717, 1.165) is 5.56 Å². The highest BCUT2D eigenvalue weighted by Gasteiger charge is 2.38. The molecule has 2 heterocycles. The molecule has 3 aromatic rings. The maximum absolute atomic E-state index is 14.8. The number of fused-ring (bicyclic) bond motifs is 1.